The summed E-state index contributed by atoms with van der Waals surface area (Å²) in [4.78, 5) is 24.8. The van der Waals surface area contributed by atoms with E-state index in [0.717, 1.165) is 10.0 Å². The fraction of sp³-hybridized carbons (Fsp3) is 0.125. The molecule has 2 aliphatic rings. The molecule has 2 aromatic carbocycles. The number of amides is 2. The molecule has 4 rings (SSSR count). The topological polar surface area (TPSA) is 40.4 Å². The van der Waals surface area contributed by atoms with Crippen LogP contribution >= 0.6 is 15.9 Å². The van der Waals surface area contributed by atoms with Crippen molar-refractivity contribution < 1.29 is 9.59 Å². The Hall–Kier alpha value is -1.98. The molecule has 0 bridgehead atoms. The zero-order valence-electron chi connectivity index (χ0n) is 11.0. The van der Waals surface area contributed by atoms with Crippen molar-refractivity contribution in [2.75, 3.05) is 6.54 Å². The van der Waals surface area contributed by atoms with Crippen LogP contribution in [-0.4, -0.2) is 28.4 Å². The van der Waals surface area contributed by atoms with E-state index in [2.05, 4.69) is 15.9 Å². The smallest absolute Gasteiger partial charge is 0.267 e. The maximum absolute atomic E-state index is 12.4. The van der Waals surface area contributed by atoms with Crippen LogP contribution < -0.4 is 0 Å². The average molecular weight is 343 g/mol. The summed E-state index contributed by atoms with van der Waals surface area (Å²) in [6, 6.07) is 15.0. The lowest BCUT2D eigenvalue weighted by atomic mass is 10.1. The lowest BCUT2D eigenvalue weighted by Gasteiger charge is -2.15. The SMILES string of the molecule is O=C1c2ccccc2C(=O)N1N1CC1c1ccc(Br)cc1. The molecular weight excluding hydrogens is 332 g/mol. The van der Waals surface area contributed by atoms with Gasteiger partial charge in [0.05, 0.1) is 17.2 Å². The molecule has 0 radical (unpaired) electrons. The number of rotatable bonds is 2. The quantitative estimate of drug-likeness (QED) is 0.622. The Bertz CT molecular complexity index is 722. The van der Waals surface area contributed by atoms with Crippen molar-refractivity contribution in [2.24, 2.45) is 0 Å². The molecular formula is C16H11BrN2O2. The first-order chi connectivity index (χ1) is 10.2. The number of carbonyl (C=O) groups is 2. The van der Waals surface area contributed by atoms with Crippen molar-refractivity contribution in [1.82, 2.24) is 10.0 Å². The molecule has 2 heterocycles. The van der Waals surface area contributed by atoms with E-state index in [9.17, 15) is 9.59 Å². The molecule has 2 aromatic rings. The number of hydrogen-bond acceptors (Lipinski definition) is 3. The van der Waals surface area contributed by atoms with E-state index in [1.807, 2.05) is 29.3 Å². The maximum atomic E-state index is 12.4. The van der Waals surface area contributed by atoms with Crippen molar-refractivity contribution in [3.63, 3.8) is 0 Å². The van der Waals surface area contributed by atoms with Gasteiger partial charge in [-0.15, -0.1) is 0 Å². The first-order valence-corrected chi connectivity index (χ1v) is 7.46. The number of hydrogen-bond donors (Lipinski definition) is 0. The van der Waals surface area contributed by atoms with Crippen LogP contribution in [0.5, 0.6) is 0 Å². The number of carbonyl (C=O) groups excluding carboxylic acids is 2. The van der Waals surface area contributed by atoms with Crippen LogP contribution in [0.15, 0.2) is 53.0 Å². The molecule has 2 atom stereocenters. The monoisotopic (exact) mass is 342 g/mol. The third-order valence-electron chi connectivity index (χ3n) is 3.87. The number of hydrazine groups is 1. The van der Waals surface area contributed by atoms with Gasteiger partial charge < -0.3 is 0 Å². The largest absolute Gasteiger partial charge is 0.276 e. The second kappa shape index (κ2) is 4.51. The van der Waals surface area contributed by atoms with Crippen LogP contribution in [0, 0.1) is 0 Å². The molecule has 104 valence electrons. The van der Waals surface area contributed by atoms with E-state index in [1.165, 1.54) is 5.01 Å². The Morgan fingerprint density at radius 2 is 1.48 bits per heavy atom. The fourth-order valence-electron chi connectivity index (χ4n) is 2.72. The molecule has 1 saturated heterocycles. The van der Waals surface area contributed by atoms with Crippen LogP contribution in [0.25, 0.3) is 0 Å². The Morgan fingerprint density at radius 1 is 0.905 bits per heavy atom. The highest BCUT2D eigenvalue weighted by Gasteiger charge is 2.49. The summed E-state index contributed by atoms with van der Waals surface area (Å²) in [6.45, 7) is 0.688. The lowest BCUT2D eigenvalue weighted by Crippen LogP contribution is -2.35. The third-order valence-corrected chi connectivity index (χ3v) is 4.40. The van der Waals surface area contributed by atoms with Crippen LogP contribution in [0.4, 0.5) is 0 Å². The molecule has 0 saturated carbocycles. The number of imide groups is 1. The first-order valence-electron chi connectivity index (χ1n) is 6.66. The lowest BCUT2D eigenvalue weighted by molar-refractivity contribution is 0.0370. The number of benzene rings is 2. The second-order valence-corrected chi connectivity index (χ2v) is 6.07. The van der Waals surface area contributed by atoms with Gasteiger partial charge in [0, 0.05) is 11.0 Å². The number of halogens is 1. The van der Waals surface area contributed by atoms with Crippen LogP contribution in [-0.2, 0) is 0 Å². The van der Waals surface area contributed by atoms with Gasteiger partial charge in [-0.3, -0.25) is 9.59 Å². The zero-order chi connectivity index (χ0) is 14.6. The Morgan fingerprint density at radius 3 is 2.05 bits per heavy atom. The minimum absolute atomic E-state index is 0.0975. The predicted octanol–water partition coefficient (Wildman–Crippen LogP) is 3.02. The summed E-state index contributed by atoms with van der Waals surface area (Å²) in [5.41, 5.74) is 2.09. The van der Waals surface area contributed by atoms with Crippen molar-refractivity contribution in [2.45, 2.75) is 6.04 Å². The Balaban J connectivity index is 1.61. The fourth-order valence-corrected chi connectivity index (χ4v) is 2.99. The van der Waals surface area contributed by atoms with Crippen LogP contribution in [0.1, 0.15) is 32.3 Å². The van der Waals surface area contributed by atoms with Gasteiger partial charge in [0.2, 0.25) is 0 Å². The van der Waals surface area contributed by atoms with Crippen molar-refractivity contribution >= 4 is 27.7 Å². The molecule has 1 fully saturated rings. The van der Waals surface area contributed by atoms with E-state index in [0.29, 0.717) is 17.7 Å². The van der Waals surface area contributed by atoms with Gasteiger partial charge in [0.25, 0.3) is 11.8 Å². The van der Waals surface area contributed by atoms with Crippen molar-refractivity contribution in [3.8, 4) is 0 Å². The molecule has 5 heteroatoms. The minimum atomic E-state index is -0.227. The van der Waals surface area contributed by atoms with Gasteiger partial charge in [-0.1, -0.05) is 40.2 Å². The third kappa shape index (κ3) is 1.92. The van der Waals surface area contributed by atoms with Crippen molar-refractivity contribution in [1.29, 1.82) is 0 Å². The first kappa shape index (κ1) is 12.7. The molecule has 0 aliphatic carbocycles. The highest BCUT2D eigenvalue weighted by molar-refractivity contribution is 9.10. The predicted molar refractivity (Wildman–Crippen MR) is 80.5 cm³/mol. The summed E-state index contributed by atoms with van der Waals surface area (Å²) in [7, 11) is 0. The Labute approximate surface area is 130 Å². The number of fused-ring (bicyclic) bond motifs is 1. The molecule has 0 aromatic heterocycles. The summed E-state index contributed by atoms with van der Waals surface area (Å²) in [5.74, 6) is -0.453. The number of nitrogens with zero attached hydrogens (tertiary/aromatic N) is 2. The van der Waals surface area contributed by atoms with E-state index in [-0.39, 0.29) is 17.9 Å². The second-order valence-electron chi connectivity index (χ2n) is 5.16. The highest BCUT2D eigenvalue weighted by Crippen LogP contribution is 2.40. The summed E-state index contributed by atoms with van der Waals surface area (Å²) in [5, 5.41) is 3.09. The molecule has 2 amide bonds. The molecule has 2 aliphatic heterocycles. The average Bonchev–Trinajstić information content (AvgIpc) is 3.23. The molecule has 0 spiro atoms. The van der Waals surface area contributed by atoms with Crippen LogP contribution in [0.2, 0.25) is 0 Å². The molecule has 21 heavy (non-hydrogen) atoms. The van der Waals surface area contributed by atoms with Crippen LogP contribution in [0.3, 0.4) is 0 Å². The summed E-state index contributed by atoms with van der Waals surface area (Å²) < 4.78 is 1.01. The normalized spacial score (nSPS) is 23.4. The summed E-state index contributed by atoms with van der Waals surface area (Å²) >= 11 is 3.40. The van der Waals surface area contributed by atoms with E-state index >= 15 is 0 Å². The van der Waals surface area contributed by atoms with Gasteiger partial charge in [0.15, 0.2) is 0 Å². The molecule has 4 nitrogen and oxygen atoms in total. The van der Waals surface area contributed by atoms with E-state index in [4.69, 9.17) is 0 Å². The van der Waals surface area contributed by atoms with Gasteiger partial charge in [0.1, 0.15) is 0 Å². The van der Waals surface area contributed by atoms with Gasteiger partial charge in [-0.2, -0.15) is 5.01 Å². The Kier molecular flexibility index (Phi) is 2.74. The van der Waals surface area contributed by atoms with Gasteiger partial charge in [-0.05, 0) is 29.8 Å². The van der Waals surface area contributed by atoms with E-state index in [1.54, 1.807) is 24.3 Å². The van der Waals surface area contributed by atoms with Crippen molar-refractivity contribution in [3.05, 3.63) is 69.7 Å². The molecule has 0 N–H and O–H groups in total. The standard InChI is InChI=1S/C16H11BrN2O2/c17-11-7-5-10(6-8-11)14-9-18(14)19-15(20)12-3-1-2-4-13(12)16(19)21/h1-8,14H,9H2. The minimum Gasteiger partial charge on any atom is -0.267 e. The maximum Gasteiger partial charge on any atom is 0.276 e. The highest BCUT2D eigenvalue weighted by atomic mass is 79.9. The zero-order valence-corrected chi connectivity index (χ0v) is 12.6. The summed E-state index contributed by atoms with van der Waals surface area (Å²) in [6.07, 6.45) is 0. The van der Waals surface area contributed by atoms with Gasteiger partial charge in [-0.25, -0.2) is 5.01 Å². The van der Waals surface area contributed by atoms with Gasteiger partial charge >= 0.3 is 0 Å². The molecule has 2 unspecified atom stereocenters. The van der Waals surface area contributed by atoms with E-state index < -0.39 is 0 Å².